The van der Waals surface area contributed by atoms with Crippen molar-refractivity contribution in [3.63, 3.8) is 0 Å². The Morgan fingerprint density at radius 1 is 0.575 bits per heavy atom. The molecule has 1 fully saturated rings. The minimum absolute atomic E-state index is 0.0592. The van der Waals surface area contributed by atoms with E-state index >= 15 is 0 Å². The van der Waals surface area contributed by atoms with E-state index in [0.717, 1.165) is 23.5 Å². The van der Waals surface area contributed by atoms with Gasteiger partial charge in [0.05, 0.1) is 23.5 Å². The van der Waals surface area contributed by atoms with Crippen LogP contribution < -0.4 is 5.32 Å². The quantitative estimate of drug-likeness (QED) is 0.240. The van der Waals surface area contributed by atoms with E-state index in [2.05, 4.69) is 162 Å². The van der Waals surface area contributed by atoms with Crippen molar-refractivity contribution in [3.05, 3.63) is 174 Å². The normalized spacial score (nSPS) is 19.1. The lowest BCUT2D eigenvalue weighted by Crippen LogP contribution is -2.29. The van der Waals surface area contributed by atoms with Crippen LogP contribution in [-0.4, -0.2) is 9.88 Å². The molecular weight excluding hydrogens is 486 g/mol. The third-order valence-corrected chi connectivity index (χ3v) is 7.95. The largest absolute Gasteiger partial charge is 0.288 e. The first kappa shape index (κ1) is 24.5. The van der Waals surface area contributed by atoms with Crippen molar-refractivity contribution in [3.8, 4) is 11.3 Å². The van der Waals surface area contributed by atoms with Crippen LogP contribution in [0.1, 0.15) is 40.6 Å². The van der Waals surface area contributed by atoms with Crippen LogP contribution in [-0.2, 0) is 6.54 Å². The van der Waals surface area contributed by atoms with Crippen LogP contribution in [0.5, 0.6) is 0 Å². The molecular formula is C37H31N3. The van der Waals surface area contributed by atoms with E-state index < -0.39 is 0 Å². The highest BCUT2D eigenvalue weighted by Gasteiger charge is 2.43. The highest BCUT2D eigenvalue weighted by atomic mass is 15.4. The molecule has 2 heterocycles. The van der Waals surface area contributed by atoms with Crippen molar-refractivity contribution in [1.82, 2.24) is 15.2 Å². The van der Waals surface area contributed by atoms with E-state index in [4.69, 9.17) is 4.98 Å². The van der Waals surface area contributed by atoms with Crippen molar-refractivity contribution in [2.75, 3.05) is 0 Å². The second-order valence-electron chi connectivity index (χ2n) is 10.5. The third kappa shape index (κ3) is 4.82. The molecule has 3 nitrogen and oxygen atoms in total. The Hall–Kier alpha value is -4.57. The number of rotatable bonds is 6. The molecule has 6 aromatic rings. The van der Waals surface area contributed by atoms with Gasteiger partial charge in [0.2, 0.25) is 0 Å². The molecule has 0 aliphatic carbocycles. The molecule has 40 heavy (non-hydrogen) atoms. The smallest absolute Gasteiger partial charge is 0.105 e. The predicted octanol–water partition coefficient (Wildman–Crippen LogP) is 8.49. The fraction of sp³-hybridized carbons (Fsp3) is 0.108. The summed E-state index contributed by atoms with van der Waals surface area (Å²) in [5.41, 5.74) is 7.02. The molecule has 1 saturated heterocycles. The summed E-state index contributed by atoms with van der Waals surface area (Å²) in [6.07, 6.45) is -0.0592. The van der Waals surface area contributed by atoms with Gasteiger partial charge in [-0.15, -0.1) is 0 Å². The van der Waals surface area contributed by atoms with Gasteiger partial charge in [0.15, 0.2) is 0 Å². The summed E-state index contributed by atoms with van der Waals surface area (Å²) in [4.78, 5) is 7.85. The maximum Gasteiger partial charge on any atom is 0.105 e. The van der Waals surface area contributed by atoms with Gasteiger partial charge in [0, 0.05) is 12.1 Å². The van der Waals surface area contributed by atoms with Crippen LogP contribution in [0.3, 0.4) is 0 Å². The van der Waals surface area contributed by atoms with Gasteiger partial charge in [-0.3, -0.25) is 10.2 Å². The Morgan fingerprint density at radius 2 is 1.23 bits per heavy atom. The minimum Gasteiger partial charge on any atom is -0.288 e. The van der Waals surface area contributed by atoms with Crippen LogP contribution in [0.4, 0.5) is 0 Å². The lowest BCUT2D eigenvalue weighted by Gasteiger charge is -2.31. The van der Waals surface area contributed by atoms with Crippen molar-refractivity contribution >= 4 is 10.8 Å². The van der Waals surface area contributed by atoms with E-state index in [1.54, 1.807) is 0 Å². The zero-order valence-electron chi connectivity index (χ0n) is 22.3. The fourth-order valence-electron chi connectivity index (χ4n) is 6.03. The third-order valence-electron chi connectivity index (χ3n) is 7.95. The second-order valence-corrected chi connectivity index (χ2v) is 10.5. The van der Waals surface area contributed by atoms with Crippen LogP contribution in [0.25, 0.3) is 22.0 Å². The molecule has 0 unspecified atom stereocenters. The van der Waals surface area contributed by atoms with E-state index in [1.165, 1.54) is 27.5 Å². The number of nitrogens with one attached hydrogen (secondary N) is 1. The van der Waals surface area contributed by atoms with Crippen LogP contribution >= 0.6 is 0 Å². The number of nitrogens with zero attached hydrogens (tertiary/aromatic N) is 2. The summed E-state index contributed by atoms with van der Waals surface area (Å²) in [5, 5.41) is 6.48. The molecule has 194 valence electrons. The molecule has 0 radical (unpaired) electrons. The Kier molecular flexibility index (Phi) is 6.66. The number of pyridine rings is 1. The first-order chi connectivity index (χ1) is 19.8. The summed E-state index contributed by atoms with van der Waals surface area (Å²) in [7, 11) is 0. The average molecular weight is 518 g/mol. The highest BCUT2D eigenvalue weighted by Crippen LogP contribution is 2.46. The maximum atomic E-state index is 5.28. The highest BCUT2D eigenvalue weighted by molar-refractivity contribution is 5.86. The molecule has 1 aliphatic heterocycles. The number of hydrogen-bond donors (Lipinski definition) is 1. The predicted molar refractivity (Wildman–Crippen MR) is 163 cm³/mol. The fourth-order valence-corrected chi connectivity index (χ4v) is 6.03. The van der Waals surface area contributed by atoms with Crippen LogP contribution in [0.15, 0.2) is 152 Å². The van der Waals surface area contributed by atoms with Crippen molar-refractivity contribution < 1.29 is 0 Å². The molecule has 7 rings (SSSR count). The number of fused-ring (bicyclic) bond motifs is 1. The zero-order valence-corrected chi connectivity index (χ0v) is 22.3. The standard InChI is InChI=1S/C37H31N3/c1-4-13-27(14-5-1)26-40-36(30-18-8-3-9-19-30)35(29-16-6-2-7-17-29)39-37(40)34-22-12-21-33(38-34)32-24-23-28-15-10-11-20-31(28)25-32/h1-25,35-37,39H,26H2/t35-,36-,37+/m0/s1. The number of hydrogen-bond acceptors (Lipinski definition) is 3. The molecule has 1 aliphatic rings. The summed E-state index contributed by atoms with van der Waals surface area (Å²) >= 11 is 0. The average Bonchev–Trinajstić information content (AvgIpc) is 3.41. The SMILES string of the molecule is c1ccc(CN2[C@H](c3cccc(-c4ccc5ccccc5c4)n3)N[C@@H](c3ccccc3)[C@@H]2c2ccccc2)cc1. The van der Waals surface area contributed by atoms with Gasteiger partial charge in [0.25, 0.3) is 0 Å². The van der Waals surface area contributed by atoms with E-state index in [1.807, 2.05) is 0 Å². The molecule has 0 saturated carbocycles. The van der Waals surface area contributed by atoms with Crippen molar-refractivity contribution in [2.45, 2.75) is 24.8 Å². The Labute approximate surface area is 235 Å². The lowest BCUT2D eigenvalue weighted by atomic mass is 9.93. The van der Waals surface area contributed by atoms with E-state index in [9.17, 15) is 0 Å². The Bertz CT molecular complexity index is 1720. The Morgan fingerprint density at radius 3 is 1.98 bits per heavy atom. The Balaban J connectivity index is 1.33. The molecule has 0 spiro atoms. The zero-order chi connectivity index (χ0) is 26.7. The molecule has 1 N–H and O–H groups in total. The minimum atomic E-state index is -0.0592. The summed E-state index contributed by atoms with van der Waals surface area (Å²) < 4.78 is 0. The van der Waals surface area contributed by atoms with Crippen LogP contribution in [0, 0.1) is 0 Å². The van der Waals surface area contributed by atoms with Gasteiger partial charge >= 0.3 is 0 Å². The van der Waals surface area contributed by atoms with Gasteiger partial charge in [-0.25, -0.2) is 4.98 Å². The molecule has 0 bridgehead atoms. The summed E-state index contributed by atoms with van der Waals surface area (Å²) in [5.74, 6) is 0. The van der Waals surface area contributed by atoms with Crippen LogP contribution in [0.2, 0.25) is 0 Å². The summed E-state index contributed by atoms with van der Waals surface area (Å²) in [6.45, 7) is 0.809. The van der Waals surface area contributed by atoms with Gasteiger partial charge in [-0.2, -0.15) is 0 Å². The molecule has 5 aromatic carbocycles. The van der Waals surface area contributed by atoms with Gasteiger partial charge in [0.1, 0.15) is 6.17 Å². The summed E-state index contributed by atoms with van der Waals surface area (Å²) in [6, 6.07) is 54.2. The van der Waals surface area contributed by atoms with Gasteiger partial charge in [-0.05, 0) is 45.7 Å². The van der Waals surface area contributed by atoms with E-state index in [0.29, 0.717) is 0 Å². The van der Waals surface area contributed by atoms with Gasteiger partial charge in [-0.1, -0.05) is 133 Å². The lowest BCUT2D eigenvalue weighted by molar-refractivity contribution is 0.173. The topological polar surface area (TPSA) is 28.2 Å². The monoisotopic (exact) mass is 517 g/mol. The maximum absolute atomic E-state index is 5.28. The molecule has 3 atom stereocenters. The number of benzene rings is 5. The first-order valence-corrected chi connectivity index (χ1v) is 14.0. The van der Waals surface area contributed by atoms with Crippen molar-refractivity contribution in [1.29, 1.82) is 0 Å². The molecule has 3 heteroatoms. The van der Waals surface area contributed by atoms with Gasteiger partial charge < -0.3 is 0 Å². The second kappa shape index (κ2) is 10.9. The first-order valence-electron chi connectivity index (χ1n) is 14.0. The molecule has 0 amide bonds. The molecule has 1 aromatic heterocycles. The number of aromatic nitrogens is 1. The van der Waals surface area contributed by atoms with E-state index in [-0.39, 0.29) is 18.2 Å². The van der Waals surface area contributed by atoms with Crippen molar-refractivity contribution in [2.24, 2.45) is 0 Å².